The van der Waals surface area contributed by atoms with Crippen molar-refractivity contribution in [2.45, 2.75) is 26.2 Å². The summed E-state index contributed by atoms with van der Waals surface area (Å²) < 4.78 is 21.7. The van der Waals surface area contributed by atoms with Crippen molar-refractivity contribution in [3.05, 3.63) is 77.4 Å². The smallest absolute Gasteiger partial charge is 0.348 e. The van der Waals surface area contributed by atoms with E-state index in [-0.39, 0.29) is 12.2 Å². The standard InChI is InChI=1S/C25H22O6/c1-25(2)30-23(26)21(24(27)31-25)13-16-8-11-22(28-3)19(12-16)15-29-20-10-9-17-6-4-5-7-18(17)14-20/h4-14H,15H2,1-3H3. The molecule has 0 aromatic heterocycles. The summed E-state index contributed by atoms with van der Waals surface area (Å²) in [4.78, 5) is 24.4. The molecule has 3 aromatic carbocycles. The van der Waals surface area contributed by atoms with Crippen LogP contribution in [0.1, 0.15) is 25.0 Å². The number of hydrogen-bond donors (Lipinski definition) is 0. The van der Waals surface area contributed by atoms with Gasteiger partial charge in [-0.05, 0) is 46.7 Å². The molecule has 1 aliphatic rings. The third-order valence-electron chi connectivity index (χ3n) is 4.85. The number of methoxy groups -OCH3 is 1. The molecule has 0 N–H and O–H groups in total. The molecule has 158 valence electrons. The monoisotopic (exact) mass is 418 g/mol. The van der Waals surface area contributed by atoms with Gasteiger partial charge in [0.25, 0.3) is 5.79 Å². The summed E-state index contributed by atoms with van der Waals surface area (Å²) in [6, 6.07) is 19.2. The van der Waals surface area contributed by atoms with E-state index >= 15 is 0 Å². The highest BCUT2D eigenvalue weighted by Crippen LogP contribution is 2.28. The average molecular weight is 418 g/mol. The van der Waals surface area contributed by atoms with Crippen molar-refractivity contribution in [2.75, 3.05) is 7.11 Å². The fraction of sp³-hybridized carbons (Fsp3) is 0.200. The van der Waals surface area contributed by atoms with E-state index in [1.807, 2.05) is 42.5 Å². The second-order valence-corrected chi connectivity index (χ2v) is 7.61. The molecule has 31 heavy (non-hydrogen) atoms. The minimum absolute atomic E-state index is 0.161. The molecule has 1 fully saturated rings. The van der Waals surface area contributed by atoms with Gasteiger partial charge in [-0.15, -0.1) is 0 Å². The Hall–Kier alpha value is -3.80. The van der Waals surface area contributed by atoms with Gasteiger partial charge in [0.15, 0.2) is 0 Å². The number of esters is 2. The average Bonchev–Trinajstić information content (AvgIpc) is 2.74. The molecule has 0 radical (unpaired) electrons. The van der Waals surface area contributed by atoms with Gasteiger partial charge in [0.05, 0.1) is 7.11 Å². The number of benzene rings is 3. The molecule has 3 aromatic rings. The van der Waals surface area contributed by atoms with Gasteiger partial charge in [-0.2, -0.15) is 0 Å². The van der Waals surface area contributed by atoms with Crippen LogP contribution in [0, 0.1) is 0 Å². The van der Waals surface area contributed by atoms with Crippen molar-refractivity contribution in [3.8, 4) is 11.5 Å². The maximum Gasteiger partial charge on any atom is 0.348 e. The summed E-state index contributed by atoms with van der Waals surface area (Å²) in [5.74, 6) is -1.34. The first-order valence-electron chi connectivity index (χ1n) is 9.81. The van der Waals surface area contributed by atoms with Crippen LogP contribution in [0.5, 0.6) is 11.5 Å². The van der Waals surface area contributed by atoms with Crippen molar-refractivity contribution < 1.29 is 28.5 Å². The fourth-order valence-electron chi connectivity index (χ4n) is 3.36. The zero-order valence-electron chi connectivity index (χ0n) is 17.5. The van der Waals surface area contributed by atoms with Gasteiger partial charge >= 0.3 is 11.9 Å². The lowest BCUT2D eigenvalue weighted by atomic mass is 10.1. The molecular formula is C25H22O6. The molecule has 1 heterocycles. The van der Waals surface area contributed by atoms with Crippen LogP contribution < -0.4 is 9.47 Å². The van der Waals surface area contributed by atoms with E-state index in [9.17, 15) is 9.59 Å². The van der Waals surface area contributed by atoms with E-state index in [4.69, 9.17) is 18.9 Å². The van der Waals surface area contributed by atoms with E-state index in [2.05, 4.69) is 0 Å². The molecule has 6 heteroatoms. The van der Waals surface area contributed by atoms with Crippen LogP contribution in [-0.4, -0.2) is 24.8 Å². The Morgan fingerprint density at radius 1 is 0.903 bits per heavy atom. The van der Waals surface area contributed by atoms with Crippen LogP contribution in [0.4, 0.5) is 0 Å². The van der Waals surface area contributed by atoms with Crippen LogP contribution in [-0.2, 0) is 25.7 Å². The van der Waals surface area contributed by atoms with E-state index in [1.165, 1.54) is 19.9 Å². The van der Waals surface area contributed by atoms with Crippen LogP contribution in [0.25, 0.3) is 16.8 Å². The van der Waals surface area contributed by atoms with Crippen LogP contribution in [0.15, 0.2) is 66.2 Å². The first kappa shape index (κ1) is 20.5. The summed E-state index contributed by atoms with van der Waals surface area (Å²) in [6.45, 7) is 3.27. The summed E-state index contributed by atoms with van der Waals surface area (Å²) in [7, 11) is 1.57. The lowest BCUT2D eigenvalue weighted by Crippen LogP contribution is -2.41. The summed E-state index contributed by atoms with van der Waals surface area (Å²) in [5, 5.41) is 2.22. The topological polar surface area (TPSA) is 71.1 Å². The lowest BCUT2D eigenvalue weighted by Gasteiger charge is -2.29. The highest BCUT2D eigenvalue weighted by Gasteiger charge is 2.38. The first-order valence-corrected chi connectivity index (χ1v) is 9.81. The van der Waals surface area contributed by atoms with Gasteiger partial charge in [-0.25, -0.2) is 9.59 Å². The van der Waals surface area contributed by atoms with E-state index in [0.29, 0.717) is 11.3 Å². The summed E-state index contributed by atoms with van der Waals surface area (Å²) >= 11 is 0. The van der Waals surface area contributed by atoms with Crippen LogP contribution in [0.2, 0.25) is 0 Å². The third kappa shape index (κ3) is 4.53. The molecule has 0 aliphatic carbocycles. The molecular weight excluding hydrogens is 396 g/mol. The number of rotatable bonds is 5. The van der Waals surface area contributed by atoms with E-state index in [0.717, 1.165) is 22.1 Å². The molecule has 0 spiro atoms. The quantitative estimate of drug-likeness (QED) is 0.341. The zero-order chi connectivity index (χ0) is 22.0. The number of cyclic esters (lactones) is 2. The van der Waals surface area contributed by atoms with Crippen molar-refractivity contribution in [2.24, 2.45) is 0 Å². The number of carbonyl (C=O) groups is 2. The molecule has 0 saturated carbocycles. The molecule has 0 amide bonds. The van der Waals surface area contributed by atoms with Gasteiger partial charge in [0, 0.05) is 19.4 Å². The normalized spacial score (nSPS) is 15.3. The Bertz CT molecular complexity index is 1170. The van der Waals surface area contributed by atoms with Gasteiger partial charge < -0.3 is 18.9 Å². The Labute approximate surface area is 180 Å². The predicted octanol–water partition coefficient (Wildman–Crippen LogP) is 4.65. The summed E-state index contributed by atoms with van der Waals surface area (Å²) in [6.07, 6.45) is 1.44. The Kier molecular flexibility index (Phi) is 5.38. The first-order chi connectivity index (χ1) is 14.8. The number of carbonyl (C=O) groups excluding carboxylic acids is 2. The molecule has 0 bridgehead atoms. The van der Waals surface area contributed by atoms with E-state index in [1.54, 1.807) is 25.3 Å². The molecule has 1 aliphatic heterocycles. The maximum atomic E-state index is 12.2. The van der Waals surface area contributed by atoms with Gasteiger partial charge in [0.2, 0.25) is 0 Å². The molecule has 0 atom stereocenters. The molecule has 4 rings (SSSR count). The Morgan fingerprint density at radius 3 is 2.32 bits per heavy atom. The van der Waals surface area contributed by atoms with Crippen molar-refractivity contribution in [3.63, 3.8) is 0 Å². The fourth-order valence-corrected chi connectivity index (χ4v) is 3.36. The van der Waals surface area contributed by atoms with Gasteiger partial charge in [0.1, 0.15) is 23.7 Å². The summed E-state index contributed by atoms with van der Waals surface area (Å²) in [5.41, 5.74) is 1.23. The number of ether oxygens (including phenoxy) is 4. The van der Waals surface area contributed by atoms with Crippen molar-refractivity contribution in [1.82, 2.24) is 0 Å². The largest absolute Gasteiger partial charge is 0.496 e. The SMILES string of the molecule is COc1ccc(C=C2C(=O)OC(C)(C)OC2=O)cc1COc1ccc2ccccc2c1. The minimum atomic E-state index is -1.27. The molecule has 1 saturated heterocycles. The van der Waals surface area contributed by atoms with Crippen LogP contribution >= 0.6 is 0 Å². The third-order valence-corrected chi connectivity index (χ3v) is 4.85. The minimum Gasteiger partial charge on any atom is -0.496 e. The highest BCUT2D eigenvalue weighted by molar-refractivity contribution is 6.18. The van der Waals surface area contributed by atoms with Gasteiger partial charge in [-0.1, -0.05) is 36.4 Å². The number of fused-ring (bicyclic) bond motifs is 1. The Balaban J connectivity index is 1.57. The maximum absolute atomic E-state index is 12.2. The van der Waals surface area contributed by atoms with Gasteiger partial charge in [-0.3, -0.25) is 0 Å². The predicted molar refractivity (Wildman–Crippen MR) is 116 cm³/mol. The van der Waals surface area contributed by atoms with E-state index < -0.39 is 17.7 Å². The molecule has 0 unspecified atom stereocenters. The number of hydrogen-bond acceptors (Lipinski definition) is 6. The van der Waals surface area contributed by atoms with Crippen LogP contribution in [0.3, 0.4) is 0 Å². The van der Waals surface area contributed by atoms with Crippen molar-refractivity contribution >= 4 is 28.8 Å². The second kappa shape index (κ2) is 8.14. The Morgan fingerprint density at radius 2 is 1.61 bits per heavy atom. The van der Waals surface area contributed by atoms with Crippen molar-refractivity contribution in [1.29, 1.82) is 0 Å². The highest BCUT2D eigenvalue weighted by atomic mass is 16.7. The zero-order valence-corrected chi connectivity index (χ0v) is 17.5. The molecule has 6 nitrogen and oxygen atoms in total. The second-order valence-electron chi connectivity index (χ2n) is 7.61. The lowest BCUT2D eigenvalue weighted by molar-refractivity contribution is -0.222.